The van der Waals surface area contributed by atoms with E-state index in [-0.39, 0.29) is 4.90 Å². The average Bonchev–Trinajstić information content (AvgIpc) is 2.75. The maximum atomic E-state index is 13.1. The zero-order chi connectivity index (χ0) is 20.3. The topological polar surface area (TPSA) is 63.2 Å². The molecule has 144 valence electrons. The Bertz CT molecular complexity index is 1210. The highest BCUT2D eigenvalue weighted by molar-refractivity contribution is 7.90. The molecular weight excluding hydrogens is 382 g/mol. The van der Waals surface area contributed by atoms with Gasteiger partial charge in [0.25, 0.3) is 10.0 Å². The fourth-order valence-corrected chi connectivity index (χ4v) is 4.40. The molecule has 0 heterocycles. The predicted octanol–water partition coefficient (Wildman–Crippen LogP) is 4.48. The van der Waals surface area contributed by atoms with E-state index in [0.717, 1.165) is 21.9 Å². The minimum absolute atomic E-state index is 0.0597. The normalized spacial score (nSPS) is 11.5. The zero-order valence-corrected chi connectivity index (χ0v) is 16.3. The smallest absolute Gasteiger partial charge is 0.264 e. The van der Waals surface area contributed by atoms with Crippen LogP contribution in [0.2, 0.25) is 0 Å². The third-order valence-corrected chi connectivity index (χ3v) is 6.14. The van der Waals surface area contributed by atoms with Crippen LogP contribution in [-0.4, -0.2) is 14.3 Å². The van der Waals surface area contributed by atoms with Gasteiger partial charge in [0.05, 0.1) is 10.8 Å². The van der Waals surface area contributed by atoms with Gasteiger partial charge in [-0.05, 0) is 34.0 Å². The van der Waals surface area contributed by atoms with Crippen LogP contribution in [0.3, 0.4) is 0 Å². The zero-order valence-electron chi connectivity index (χ0n) is 15.5. The van der Waals surface area contributed by atoms with Gasteiger partial charge in [0.15, 0.2) is 0 Å². The molecule has 0 atom stereocenters. The third kappa shape index (κ3) is 4.05. The summed E-state index contributed by atoms with van der Waals surface area (Å²) in [6.07, 6.45) is 0. The van der Waals surface area contributed by atoms with Crippen molar-refractivity contribution >= 4 is 26.7 Å². The van der Waals surface area contributed by atoms with E-state index in [1.165, 1.54) is 6.07 Å². The molecular formula is C24H19NO3S. The van der Waals surface area contributed by atoms with E-state index < -0.39 is 21.8 Å². The largest absolute Gasteiger partial charge is 0.273 e. The van der Waals surface area contributed by atoms with E-state index in [4.69, 9.17) is 0 Å². The first-order valence-electron chi connectivity index (χ1n) is 9.20. The number of hydrogen-bond donors (Lipinski definition) is 1. The van der Waals surface area contributed by atoms with Crippen LogP contribution in [0.1, 0.15) is 17.0 Å². The summed E-state index contributed by atoms with van der Waals surface area (Å²) in [5, 5.41) is 1.73. The molecule has 0 aliphatic heterocycles. The second-order valence-corrected chi connectivity index (χ2v) is 8.42. The second kappa shape index (κ2) is 7.89. The minimum Gasteiger partial charge on any atom is -0.273 e. The highest BCUT2D eigenvalue weighted by atomic mass is 32.2. The molecule has 0 radical (unpaired) electrons. The van der Waals surface area contributed by atoms with Crippen LogP contribution in [-0.2, 0) is 14.8 Å². The number of benzene rings is 4. The van der Waals surface area contributed by atoms with Crippen LogP contribution in [0.4, 0.5) is 0 Å². The lowest BCUT2D eigenvalue weighted by atomic mass is 9.91. The number of carbonyl (C=O) groups excluding carboxylic acids is 1. The van der Waals surface area contributed by atoms with E-state index in [1.807, 2.05) is 84.9 Å². The predicted molar refractivity (Wildman–Crippen MR) is 114 cm³/mol. The Morgan fingerprint density at radius 1 is 0.655 bits per heavy atom. The molecule has 0 aromatic heterocycles. The Kier molecular flexibility index (Phi) is 5.14. The number of rotatable bonds is 5. The summed E-state index contributed by atoms with van der Waals surface area (Å²) < 4.78 is 28.1. The average molecular weight is 401 g/mol. The van der Waals surface area contributed by atoms with Crippen LogP contribution in [0.25, 0.3) is 10.8 Å². The van der Waals surface area contributed by atoms with Crippen molar-refractivity contribution in [2.24, 2.45) is 0 Å². The number of hydrogen-bond acceptors (Lipinski definition) is 3. The summed E-state index contributed by atoms with van der Waals surface area (Å²) in [5.74, 6) is -1.32. The van der Waals surface area contributed by atoms with Crippen molar-refractivity contribution in [2.45, 2.75) is 10.8 Å². The van der Waals surface area contributed by atoms with Crippen LogP contribution in [0, 0.1) is 0 Å². The summed E-state index contributed by atoms with van der Waals surface area (Å²) in [4.78, 5) is 13.2. The first-order chi connectivity index (χ1) is 14.0. The lowest BCUT2D eigenvalue weighted by molar-refractivity contribution is -0.119. The fraction of sp³-hybridized carbons (Fsp3) is 0.0417. The van der Waals surface area contributed by atoms with Gasteiger partial charge >= 0.3 is 0 Å². The molecule has 0 unspecified atom stereocenters. The van der Waals surface area contributed by atoms with Gasteiger partial charge in [-0.3, -0.25) is 4.79 Å². The van der Waals surface area contributed by atoms with E-state index in [2.05, 4.69) is 4.72 Å². The number of amides is 1. The van der Waals surface area contributed by atoms with Gasteiger partial charge in [-0.1, -0.05) is 91.0 Å². The molecule has 0 saturated carbocycles. The summed E-state index contributed by atoms with van der Waals surface area (Å²) in [5.41, 5.74) is 1.45. The van der Waals surface area contributed by atoms with Crippen molar-refractivity contribution in [1.29, 1.82) is 0 Å². The molecule has 1 N–H and O–H groups in total. The van der Waals surface area contributed by atoms with Crippen molar-refractivity contribution in [3.05, 3.63) is 114 Å². The lowest BCUT2D eigenvalue weighted by Crippen LogP contribution is -2.35. The van der Waals surface area contributed by atoms with Gasteiger partial charge in [0.1, 0.15) is 0 Å². The summed E-state index contributed by atoms with van der Waals surface area (Å²) >= 11 is 0. The highest BCUT2D eigenvalue weighted by Gasteiger charge is 2.27. The maximum absolute atomic E-state index is 13.1. The Hall–Kier alpha value is -3.44. The Morgan fingerprint density at radius 2 is 1.17 bits per heavy atom. The molecule has 4 rings (SSSR count). The lowest BCUT2D eigenvalue weighted by Gasteiger charge is -2.18. The van der Waals surface area contributed by atoms with Crippen LogP contribution < -0.4 is 4.72 Å². The summed E-state index contributed by atoms with van der Waals surface area (Å²) in [6.45, 7) is 0. The fourth-order valence-electron chi connectivity index (χ4n) is 3.37. The Balaban J connectivity index is 1.69. The van der Waals surface area contributed by atoms with E-state index >= 15 is 0 Å². The number of nitrogens with one attached hydrogen (secondary N) is 1. The minimum atomic E-state index is -4.01. The van der Waals surface area contributed by atoms with Crippen molar-refractivity contribution in [1.82, 2.24) is 4.72 Å². The molecule has 4 nitrogen and oxygen atoms in total. The van der Waals surface area contributed by atoms with Crippen molar-refractivity contribution < 1.29 is 13.2 Å². The summed E-state index contributed by atoms with van der Waals surface area (Å²) in [7, 11) is -4.01. The molecule has 0 saturated heterocycles. The van der Waals surface area contributed by atoms with Crippen LogP contribution in [0.5, 0.6) is 0 Å². The van der Waals surface area contributed by atoms with Gasteiger partial charge in [0.2, 0.25) is 5.91 Å². The Labute approximate surface area is 169 Å². The van der Waals surface area contributed by atoms with Crippen molar-refractivity contribution in [2.75, 3.05) is 0 Å². The van der Waals surface area contributed by atoms with E-state index in [1.54, 1.807) is 12.1 Å². The van der Waals surface area contributed by atoms with Crippen molar-refractivity contribution in [3.8, 4) is 0 Å². The quantitative estimate of drug-likeness (QED) is 0.536. The monoisotopic (exact) mass is 401 g/mol. The molecule has 0 aliphatic rings. The molecule has 1 amide bonds. The van der Waals surface area contributed by atoms with Gasteiger partial charge in [-0.15, -0.1) is 0 Å². The molecule has 4 aromatic rings. The SMILES string of the molecule is O=C(NS(=O)(=O)c1ccc2ccccc2c1)C(c1ccccc1)c1ccccc1. The van der Waals surface area contributed by atoms with Crippen LogP contribution in [0.15, 0.2) is 108 Å². The van der Waals surface area contributed by atoms with Crippen molar-refractivity contribution in [3.63, 3.8) is 0 Å². The van der Waals surface area contributed by atoms with E-state index in [0.29, 0.717) is 0 Å². The number of fused-ring (bicyclic) bond motifs is 1. The molecule has 0 spiro atoms. The third-order valence-electron chi connectivity index (χ3n) is 4.79. The standard InChI is InChI=1S/C24H19NO3S/c26-24(23(19-10-3-1-4-11-19)20-12-5-2-6-13-20)25-29(27,28)22-16-15-18-9-7-8-14-21(18)17-22/h1-17,23H,(H,25,26). The van der Waals surface area contributed by atoms with Gasteiger partial charge in [0, 0.05) is 0 Å². The Morgan fingerprint density at radius 3 is 1.76 bits per heavy atom. The van der Waals surface area contributed by atoms with Gasteiger partial charge < -0.3 is 0 Å². The first-order valence-corrected chi connectivity index (χ1v) is 10.7. The highest BCUT2D eigenvalue weighted by Crippen LogP contribution is 2.26. The number of carbonyl (C=O) groups is 1. The van der Waals surface area contributed by atoms with Crippen LogP contribution >= 0.6 is 0 Å². The van der Waals surface area contributed by atoms with Gasteiger partial charge in [-0.25, -0.2) is 13.1 Å². The second-order valence-electron chi connectivity index (χ2n) is 6.73. The molecule has 5 heteroatoms. The maximum Gasteiger partial charge on any atom is 0.264 e. The van der Waals surface area contributed by atoms with Gasteiger partial charge in [-0.2, -0.15) is 0 Å². The number of sulfonamides is 1. The molecule has 29 heavy (non-hydrogen) atoms. The molecule has 4 aromatic carbocycles. The molecule has 0 bridgehead atoms. The molecule has 0 fully saturated rings. The van der Waals surface area contributed by atoms with E-state index in [9.17, 15) is 13.2 Å². The molecule has 0 aliphatic carbocycles. The summed E-state index contributed by atoms with van der Waals surface area (Å²) in [6, 6.07) is 30.6. The first kappa shape index (κ1) is 18.9.